The molecule has 0 amide bonds. The smallest absolute Gasteiger partial charge is 0.279 e. The minimum atomic E-state index is -0.467. The van der Waals surface area contributed by atoms with Gasteiger partial charge in [-0.3, -0.25) is 9.69 Å². The van der Waals surface area contributed by atoms with Crippen molar-refractivity contribution < 1.29 is 4.39 Å². The van der Waals surface area contributed by atoms with E-state index in [0.29, 0.717) is 17.8 Å². The molecule has 3 heterocycles. The molecule has 0 bridgehead atoms. The molecular weight excluding hydrogens is 419 g/mol. The van der Waals surface area contributed by atoms with Crippen LogP contribution in [0.5, 0.6) is 0 Å². The fraction of sp³-hybridized carbons (Fsp3) is 0.320. The summed E-state index contributed by atoms with van der Waals surface area (Å²) in [6.07, 6.45) is 2.48. The van der Waals surface area contributed by atoms with Crippen molar-refractivity contribution in [1.29, 1.82) is 0 Å². The van der Waals surface area contributed by atoms with Crippen LogP contribution in [0.25, 0.3) is 21.8 Å². The van der Waals surface area contributed by atoms with Crippen molar-refractivity contribution >= 4 is 27.6 Å². The summed E-state index contributed by atoms with van der Waals surface area (Å²) in [6, 6.07) is 16.5. The number of piperazine rings is 1. The van der Waals surface area contributed by atoms with Crippen LogP contribution in [0, 0.1) is 5.82 Å². The van der Waals surface area contributed by atoms with E-state index >= 15 is 0 Å². The number of aryl methyl sites for hydroxylation is 1. The number of hydrogen-bond acceptors (Lipinski definition) is 6. The Labute approximate surface area is 191 Å². The number of aromatic nitrogens is 3. The molecule has 0 spiro atoms. The topological polar surface area (TPSA) is 80.3 Å². The summed E-state index contributed by atoms with van der Waals surface area (Å²) in [7, 11) is 0. The van der Waals surface area contributed by atoms with E-state index in [-0.39, 0.29) is 5.39 Å². The summed E-state index contributed by atoms with van der Waals surface area (Å²) >= 11 is 0. The summed E-state index contributed by atoms with van der Waals surface area (Å²) < 4.78 is 14.5. The molecule has 1 aliphatic rings. The molecule has 0 unspecified atom stereocenters. The van der Waals surface area contributed by atoms with Gasteiger partial charge in [0, 0.05) is 38.0 Å². The first-order valence-electron chi connectivity index (χ1n) is 11.4. The van der Waals surface area contributed by atoms with E-state index in [0.717, 1.165) is 67.0 Å². The van der Waals surface area contributed by atoms with Crippen molar-refractivity contribution in [3.8, 4) is 0 Å². The van der Waals surface area contributed by atoms with E-state index in [1.54, 1.807) is 0 Å². The van der Waals surface area contributed by atoms with Gasteiger partial charge in [-0.15, -0.1) is 0 Å². The van der Waals surface area contributed by atoms with E-state index in [2.05, 4.69) is 39.0 Å². The number of pyridine rings is 1. The molecule has 170 valence electrons. The molecule has 7 nitrogen and oxygen atoms in total. The fourth-order valence-corrected chi connectivity index (χ4v) is 4.44. The number of para-hydroxylation sites is 1. The normalized spacial score (nSPS) is 14.9. The van der Waals surface area contributed by atoms with Gasteiger partial charge in [-0.25, -0.2) is 19.0 Å². The monoisotopic (exact) mass is 446 g/mol. The number of benzene rings is 2. The van der Waals surface area contributed by atoms with Crippen LogP contribution in [0.15, 0.2) is 59.4 Å². The SMILES string of the molecule is Nn1c(CCCCN2CCN(c3ccc4ccccc4n3)CC2)nc2ccc(F)cc2c1=O. The molecule has 0 atom stereocenters. The van der Waals surface area contributed by atoms with Gasteiger partial charge in [0.2, 0.25) is 0 Å². The van der Waals surface area contributed by atoms with Gasteiger partial charge in [0.25, 0.3) is 5.56 Å². The summed E-state index contributed by atoms with van der Waals surface area (Å²) in [6.45, 7) is 4.89. The van der Waals surface area contributed by atoms with Gasteiger partial charge in [0.1, 0.15) is 17.5 Å². The zero-order valence-electron chi connectivity index (χ0n) is 18.5. The molecule has 1 fully saturated rings. The van der Waals surface area contributed by atoms with Crippen molar-refractivity contribution in [2.75, 3.05) is 43.5 Å². The van der Waals surface area contributed by atoms with Gasteiger partial charge < -0.3 is 10.7 Å². The molecule has 2 aromatic heterocycles. The molecule has 33 heavy (non-hydrogen) atoms. The first-order valence-corrected chi connectivity index (χ1v) is 11.4. The van der Waals surface area contributed by atoms with Crippen LogP contribution in [0.1, 0.15) is 18.7 Å². The lowest BCUT2D eigenvalue weighted by Crippen LogP contribution is -2.46. The van der Waals surface area contributed by atoms with E-state index in [9.17, 15) is 9.18 Å². The molecule has 0 aliphatic carbocycles. The minimum Gasteiger partial charge on any atom is -0.354 e. The highest BCUT2D eigenvalue weighted by molar-refractivity contribution is 5.80. The molecule has 4 aromatic rings. The zero-order chi connectivity index (χ0) is 22.8. The predicted octanol–water partition coefficient (Wildman–Crippen LogP) is 2.94. The van der Waals surface area contributed by atoms with Gasteiger partial charge in [-0.05, 0) is 55.8 Å². The number of fused-ring (bicyclic) bond motifs is 2. The largest absolute Gasteiger partial charge is 0.354 e. The molecule has 0 saturated carbocycles. The minimum absolute atomic E-state index is 0.208. The Morgan fingerprint density at radius 3 is 2.58 bits per heavy atom. The van der Waals surface area contributed by atoms with Crippen LogP contribution in [-0.4, -0.2) is 52.3 Å². The molecule has 1 saturated heterocycles. The van der Waals surface area contributed by atoms with Crippen molar-refractivity contribution in [2.24, 2.45) is 0 Å². The third-order valence-electron chi connectivity index (χ3n) is 6.34. The number of hydrogen-bond donors (Lipinski definition) is 1. The van der Waals surface area contributed by atoms with Crippen LogP contribution >= 0.6 is 0 Å². The Morgan fingerprint density at radius 1 is 0.909 bits per heavy atom. The molecule has 1 aliphatic heterocycles. The summed E-state index contributed by atoms with van der Waals surface area (Å²) in [5.74, 6) is 7.03. The Kier molecular flexibility index (Phi) is 5.92. The highest BCUT2D eigenvalue weighted by atomic mass is 19.1. The standard InChI is InChI=1S/C25H27FN6O/c26-19-9-10-22-20(17-19)25(33)32(27)24(29-22)7-3-4-12-30-13-15-31(16-14-30)23-11-8-18-5-1-2-6-21(18)28-23/h1-2,5-6,8-11,17H,3-4,7,12-16,27H2. The van der Waals surface area contributed by atoms with E-state index < -0.39 is 11.4 Å². The second-order valence-corrected chi connectivity index (χ2v) is 8.51. The average molecular weight is 447 g/mol. The number of nitrogens with zero attached hydrogens (tertiary/aromatic N) is 5. The van der Waals surface area contributed by atoms with Crippen molar-refractivity contribution in [3.63, 3.8) is 0 Å². The van der Waals surface area contributed by atoms with Gasteiger partial charge in [0.15, 0.2) is 0 Å². The number of nitrogen functional groups attached to an aromatic ring is 1. The average Bonchev–Trinajstić information content (AvgIpc) is 2.85. The second kappa shape index (κ2) is 9.15. The lowest BCUT2D eigenvalue weighted by atomic mass is 10.2. The van der Waals surface area contributed by atoms with Crippen LogP contribution in [0.2, 0.25) is 0 Å². The number of anilines is 1. The van der Waals surface area contributed by atoms with Crippen LogP contribution in [0.4, 0.5) is 10.2 Å². The Bertz CT molecular complexity index is 1350. The number of rotatable bonds is 6. The molecule has 8 heteroatoms. The molecule has 2 aromatic carbocycles. The van der Waals surface area contributed by atoms with Gasteiger partial charge in [0.05, 0.1) is 16.4 Å². The second-order valence-electron chi connectivity index (χ2n) is 8.51. The Hall–Kier alpha value is -3.52. The van der Waals surface area contributed by atoms with Crippen LogP contribution in [-0.2, 0) is 6.42 Å². The summed E-state index contributed by atoms with van der Waals surface area (Å²) in [5, 5.41) is 1.37. The third kappa shape index (κ3) is 4.52. The maximum absolute atomic E-state index is 13.4. The predicted molar refractivity (Wildman–Crippen MR) is 129 cm³/mol. The van der Waals surface area contributed by atoms with Gasteiger partial charge >= 0.3 is 0 Å². The van der Waals surface area contributed by atoms with Gasteiger partial charge in [-0.2, -0.15) is 0 Å². The molecule has 2 N–H and O–H groups in total. The van der Waals surface area contributed by atoms with Crippen molar-refractivity contribution in [3.05, 3.63) is 76.6 Å². The molecular formula is C25H27FN6O. The number of nitrogens with two attached hydrogens (primary N) is 1. The lowest BCUT2D eigenvalue weighted by molar-refractivity contribution is 0.252. The summed E-state index contributed by atoms with van der Waals surface area (Å²) in [4.78, 5) is 26.5. The first kappa shape index (κ1) is 21.3. The molecule has 5 rings (SSSR count). The van der Waals surface area contributed by atoms with Crippen LogP contribution in [0.3, 0.4) is 0 Å². The Morgan fingerprint density at radius 2 is 1.73 bits per heavy atom. The maximum atomic E-state index is 13.4. The highest BCUT2D eigenvalue weighted by Crippen LogP contribution is 2.19. The maximum Gasteiger partial charge on any atom is 0.279 e. The molecule has 0 radical (unpaired) electrons. The highest BCUT2D eigenvalue weighted by Gasteiger charge is 2.18. The Balaban J connectivity index is 1.12. The summed E-state index contributed by atoms with van der Waals surface area (Å²) in [5.41, 5.74) is 1.10. The van der Waals surface area contributed by atoms with E-state index in [1.807, 2.05) is 12.1 Å². The zero-order valence-corrected chi connectivity index (χ0v) is 18.5. The van der Waals surface area contributed by atoms with Gasteiger partial charge in [-0.1, -0.05) is 18.2 Å². The van der Waals surface area contributed by atoms with Crippen molar-refractivity contribution in [2.45, 2.75) is 19.3 Å². The van der Waals surface area contributed by atoms with E-state index in [4.69, 9.17) is 10.8 Å². The first-order chi connectivity index (χ1) is 16.1. The van der Waals surface area contributed by atoms with Crippen LogP contribution < -0.4 is 16.3 Å². The fourth-order valence-electron chi connectivity index (χ4n) is 4.44. The van der Waals surface area contributed by atoms with E-state index in [1.165, 1.54) is 18.2 Å². The third-order valence-corrected chi connectivity index (χ3v) is 6.34. The number of unbranched alkanes of at least 4 members (excludes halogenated alkanes) is 1. The quantitative estimate of drug-likeness (QED) is 0.362. The lowest BCUT2D eigenvalue weighted by Gasteiger charge is -2.35. The number of halogens is 1. The van der Waals surface area contributed by atoms with Crippen molar-refractivity contribution in [1.82, 2.24) is 19.5 Å².